The Morgan fingerprint density at radius 3 is 2.93 bits per heavy atom. The Morgan fingerprint density at radius 2 is 2.36 bits per heavy atom. The molecule has 1 atom stereocenters. The molecule has 3 heteroatoms. The number of thiophene rings is 1. The third kappa shape index (κ3) is 3.40. The van der Waals surface area contributed by atoms with E-state index in [1.165, 1.54) is 10.4 Å². The summed E-state index contributed by atoms with van der Waals surface area (Å²) in [6, 6.07) is 2.64. The molecule has 2 nitrogen and oxygen atoms in total. The van der Waals surface area contributed by atoms with Crippen LogP contribution in [-0.2, 0) is 4.74 Å². The van der Waals surface area contributed by atoms with Crippen molar-refractivity contribution in [1.29, 1.82) is 0 Å². The summed E-state index contributed by atoms with van der Waals surface area (Å²) in [5.41, 5.74) is 1.39. The lowest BCUT2D eigenvalue weighted by Crippen LogP contribution is -2.20. The van der Waals surface area contributed by atoms with Crippen LogP contribution in [0.1, 0.15) is 29.8 Å². The van der Waals surface area contributed by atoms with E-state index in [0.29, 0.717) is 6.04 Å². The van der Waals surface area contributed by atoms with Gasteiger partial charge in [0.25, 0.3) is 0 Å². The van der Waals surface area contributed by atoms with Crippen LogP contribution < -0.4 is 5.32 Å². The fourth-order valence-electron chi connectivity index (χ4n) is 1.46. The lowest BCUT2D eigenvalue weighted by atomic mass is 10.2. The molecule has 1 aromatic rings. The molecule has 1 aromatic heterocycles. The minimum Gasteiger partial charge on any atom is -0.385 e. The van der Waals surface area contributed by atoms with Crippen LogP contribution >= 0.6 is 11.3 Å². The largest absolute Gasteiger partial charge is 0.385 e. The molecule has 0 aliphatic heterocycles. The number of methoxy groups -OCH3 is 1. The van der Waals surface area contributed by atoms with Crippen molar-refractivity contribution in [3.8, 4) is 0 Å². The molecule has 0 fully saturated rings. The second-order valence-electron chi connectivity index (χ2n) is 3.49. The minimum atomic E-state index is 0.465. The van der Waals surface area contributed by atoms with Gasteiger partial charge in [-0.05, 0) is 43.8 Å². The Morgan fingerprint density at radius 1 is 1.57 bits per heavy atom. The summed E-state index contributed by atoms with van der Waals surface area (Å²) < 4.78 is 5.00. The zero-order valence-corrected chi connectivity index (χ0v) is 9.99. The van der Waals surface area contributed by atoms with Crippen molar-refractivity contribution in [1.82, 2.24) is 5.32 Å². The molecule has 80 valence electrons. The summed E-state index contributed by atoms with van der Waals surface area (Å²) in [6.07, 6.45) is 1.07. The summed E-state index contributed by atoms with van der Waals surface area (Å²) in [4.78, 5) is 1.45. The molecule has 0 aliphatic rings. The van der Waals surface area contributed by atoms with E-state index < -0.39 is 0 Å². The van der Waals surface area contributed by atoms with E-state index in [0.717, 1.165) is 19.6 Å². The Labute approximate surface area is 90.3 Å². The first kappa shape index (κ1) is 11.7. The monoisotopic (exact) mass is 213 g/mol. The molecule has 0 radical (unpaired) electrons. The van der Waals surface area contributed by atoms with Gasteiger partial charge in [-0.15, -0.1) is 11.3 Å². The van der Waals surface area contributed by atoms with Gasteiger partial charge in [-0.3, -0.25) is 0 Å². The highest BCUT2D eigenvalue weighted by molar-refractivity contribution is 7.10. The average Bonchev–Trinajstić information content (AvgIpc) is 2.59. The maximum Gasteiger partial charge on any atom is 0.0474 e. The first-order chi connectivity index (χ1) is 6.75. The van der Waals surface area contributed by atoms with Crippen LogP contribution in [0.25, 0.3) is 0 Å². The van der Waals surface area contributed by atoms with Gasteiger partial charge in [0, 0.05) is 24.6 Å². The lowest BCUT2D eigenvalue weighted by molar-refractivity contribution is 0.193. The number of hydrogen-bond donors (Lipinski definition) is 1. The molecule has 1 rings (SSSR count). The highest BCUT2D eigenvalue weighted by atomic mass is 32.1. The zero-order valence-electron chi connectivity index (χ0n) is 9.17. The Kier molecular flexibility index (Phi) is 5.15. The van der Waals surface area contributed by atoms with Crippen LogP contribution in [0.3, 0.4) is 0 Å². The molecule has 0 aliphatic carbocycles. The molecule has 0 amide bonds. The highest BCUT2D eigenvalue weighted by Gasteiger charge is 2.07. The molecule has 1 heterocycles. The smallest absolute Gasteiger partial charge is 0.0474 e. The number of hydrogen-bond acceptors (Lipinski definition) is 3. The van der Waals surface area contributed by atoms with Gasteiger partial charge >= 0.3 is 0 Å². The molecule has 1 N–H and O–H groups in total. The number of aryl methyl sites for hydroxylation is 1. The van der Waals surface area contributed by atoms with Crippen molar-refractivity contribution in [3.63, 3.8) is 0 Å². The SMILES string of the molecule is COCCCNC(C)c1sccc1C. The van der Waals surface area contributed by atoms with Gasteiger partial charge in [-0.1, -0.05) is 0 Å². The molecule has 0 saturated carbocycles. The number of ether oxygens (including phenoxy) is 1. The van der Waals surface area contributed by atoms with Crippen LogP contribution in [0, 0.1) is 6.92 Å². The maximum atomic E-state index is 5.00. The van der Waals surface area contributed by atoms with Crippen LogP contribution in [0.5, 0.6) is 0 Å². The van der Waals surface area contributed by atoms with Crippen molar-refractivity contribution < 1.29 is 4.74 Å². The third-order valence-corrected chi connectivity index (χ3v) is 3.47. The Hall–Kier alpha value is -0.380. The Bertz CT molecular complexity index is 260. The molecule has 0 bridgehead atoms. The summed E-state index contributed by atoms with van der Waals surface area (Å²) in [7, 11) is 1.74. The van der Waals surface area contributed by atoms with Crippen molar-refractivity contribution in [3.05, 3.63) is 21.9 Å². The summed E-state index contributed by atoms with van der Waals surface area (Å²) in [5, 5.41) is 5.64. The van der Waals surface area contributed by atoms with E-state index in [4.69, 9.17) is 4.74 Å². The van der Waals surface area contributed by atoms with Gasteiger partial charge in [-0.25, -0.2) is 0 Å². The fraction of sp³-hybridized carbons (Fsp3) is 0.636. The lowest BCUT2D eigenvalue weighted by Gasteiger charge is -2.12. The first-order valence-corrected chi connectivity index (χ1v) is 5.90. The van der Waals surface area contributed by atoms with E-state index in [1.807, 2.05) is 11.3 Å². The zero-order chi connectivity index (χ0) is 10.4. The summed E-state index contributed by atoms with van der Waals surface area (Å²) in [5.74, 6) is 0. The van der Waals surface area contributed by atoms with Gasteiger partial charge in [0.05, 0.1) is 0 Å². The van der Waals surface area contributed by atoms with E-state index in [9.17, 15) is 0 Å². The Balaban J connectivity index is 2.28. The molecule has 0 saturated heterocycles. The van der Waals surface area contributed by atoms with Gasteiger partial charge in [0.1, 0.15) is 0 Å². The standard InChI is InChI=1S/C11H19NOS/c1-9-5-8-14-11(9)10(2)12-6-4-7-13-3/h5,8,10,12H,4,6-7H2,1-3H3. The van der Waals surface area contributed by atoms with Crippen molar-refractivity contribution in [2.75, 3.05) is 20.3 Å². The second kappa shape index (κ2) is 6.17. The predicted octanol–water partition coefficient (Wildman–Crippen LogP) is 2.74. The molecule has 0 aromatic carbocycles. The van der Waals surface area contributed by atoms with E-state index >= 15 is 0 Å². The minimum absolute atomic E-state index is 0.465. The first-order valence-electron chi connectivity index (χ1n) is 5.02. The predicted molar refractivity (Wildman–Crippen MR) is 62.0 cm³/mol. The van der Waals surface area contributed by atoms with E-state index in [2.05, 4.69) is 30.6 Å². The van der Waals surface area contributed by atoms with Crippen molar-refractivity contribution in [2.45, 2.75) is 26.3 Å². The van der Waals surface area contributed by atoms with Gasteiger partial charge < -0.3 is 10.1 Å². The highest BCUT2D eigenvalue weighted by Crippen LogP contribution is 2.23. The number of nitrogens with one attached hydrogen (secondary N) is 1. The van der Waals surface area contributed by atoms with Crippen LogP contribution in [-0.4, -0.2) is 20.3 Å². The van der Waals surface area contributed by atoms with E-state index in [1.54, 1.807) is 7.11 Å². The van der Waals surface area contributed by atoms with Crippen molar-refractivity contribution >= 4 is 11.3 Å². The molecular weight excluding hydrogens is 194 g/mol. The van der Waals surface area contributed by atoms with E-state index in [-0.39, 0.29) is 0 Å². The van der Waals surface area contributed by atoms with Crippen LogP contribution in [0.4, 0.5) is 0 Å². The second-order valence-corrected chi connectivity index (χ2v) is 4.44. The van der Waals surface area contributed by atoms with Gasteiger partial charge in [-0.2, -0.15) is 0 Å². The normalized spacial score (nSPS) is 13.1. The molecule has 0 spiro atoms. The molecular formula is C11H19NOS. The third-order valence-electron chi connectivity index (χ3n) is 2.27. The van der Waals surface area contributed by atoms with Crippen LogP contribution in [0.2, 0.25) is 0 Å². The topological polar surface area (TPSA) is 21.3 Å². The maximum absolute atomic E-state index is 5.00. The number of rotatable bonds is 6. The van der Waals surface area contributed by atoms with Crippen LogP contribution in [0.15, 0.2) is 11.4 Å². The molecule has 14 heavy (non-hydrogen) atoms. The van der Waals surface area contributed by atoms with Gasteiger partial charge in [0.2, 0.25) is 0 Å². The summed E-state index contributed by atoms with van der Waals surface area (Å²) >= 11 is 1.83. The average molecular weight is 213 g/mol. The molecule has 1 unspecified atom stereocenters. The van der Waals surface area contributed by atoms with Gasteiger partial charge in [0.15, 0.2) is 0 Å². The quantitative estimate of drug-likeness (QED) is 0.734. The van der Waals surface area contributed by atoms with Crippen molar-refractivity contribution in [2.24, 2.45) is 0 Å². The fourth-order valence-corrected chi connectivity index (χ4v) is 2.42. The summed E-state index contributed by atoms with van der Waals surface area (Å²) in [6.45, 7) is 6.24.